The number of aromatic amines is 1. The van der Waals surface area contributed by atoms with Crippen molar-refractivity contribution < 1.29 is 4.79 Å². The molecule has 0 aliphatic carbocycles. The van der Waals surface area contributed by atoms with Crippen LogP contribution in [-0.4, -0.2) is 52.9 Å². The standard InChI is InChI=1S/C20H31N3O2/c1-16(22-11-3-2-4-12-22)5-6-20(25)23-13-8-17(9-14-23)18-7-10-21-19(24)15-18/h7,10,15-17H,2-6,8-9,11-14H2,1H3,(H,21,24). The van der Waals surface area contributed by atoms with Gasteiger partial charge in [-0.2, -0.15) is 0 Å². The molecule has 1 N–H and O–H groups in total. The normalized spacial score (nSPS) is 21.2. The van der Waals surface area contributed by atoms with Crippen LogP contribution in [0.4, 0.5) is 0 Å². The molecule has 138 valence electrons. The fourth-order valence-electron chi connectivity index (χ4n) is 4.21. The summed E-state index contributed by atoms with van der Waals surface area (Å²) in [5.74, 6) is 0.701. The Balaban J connectivity index is 1.43. The van der Waals surface area contributed by atoms with Gasteiger partial charge in [-0.3, -0.25) is 9.59 Å². The zero-order chi connectivity index (χ0) is 17.6. The first-order valence-electron chi connectivity index (χ1n) is 9.84. The third kappa shape index (κ3) is 4.94. The summed E-state index contributed by atoms with van der Waals surface area (Å²) in [5, 5.41) is 0. The van der Waals surface area contributed by atoms with Crippen LogP contribution >= 0.6 is 0 Å². The molecule has 0 saturated carbocycles. The monoisotopic (exact) mass is 345 g/mol. The van der Waals surface area contributed by atoms with Crippen molar-refractivity contribution >= 4 is 5.91 Å². The molecule has 1 aromatic rings. The van der Waals surface area contributed by atoms with E-state index in [2.05, 4.69) is 16.8 Å². The summed E-state index contributed by atoms with van der Waals surface area (Å²) in [5.41, 5.74) is 1.07. The SMILES string of the molecule is CC(CCC(=O)N1CCC(c2cc[nH]c(=O)c2)CC1)N1CCCCC1. The Morgan fingerprint density at radius 3 is 2.60 bits per heavy atom. The zero-order valence-corrected chi connectivity index (χ0v) is 15.4. The Hall–Kier alpha value is -1.62. The van der Waals surface area contributed by atoms with Gasteiger partial charge in [0.15, 0.2) is 0 Å². The average Bonchev–Trinajstić information content (AvgIpc) is 2.66. The van der Waals surface area contributed by atoms with E-state index in [0.717, 1.165) is 37.9 Å². The molecular weight excluding hydrogens is 314 g/mol. The molecular formula is C20H31N3O2. The minimum absolute atomic E-state index is 0.0392. The van der Waals surface area contributed by atoms with E-state index in [4.69, 9.17) is 0 Å². The van der Waals surface area contributed by atoms with Gasteiger partial charge in [-0.1, -0.05) is 6.42 Å². The van der Waals surface area contributed by atoms with Crippen LogP contribution in [0, 0.1) is 0 Å². The highest BCUT2D eigenvalue weighted by molar-refractivity contribution is 5.76. The molecule has 0 radical (unpaired) electrons. The second kappa shape index (κ2) is 8.65. The van der Waals surface area contributed by atoms with E-state index < -0.39 is 0 Å². The number of hydrogen-bond donors (Lipinski definition) is 1. The minimum atomic E-state index is -0.0392. The van der Waals surface area contributed by atoms with Crippen molar-refractivity contribution in [2.24, 2.45) is 0 Å². The van der Waals surface area contributed by atoms with Crippen molar-refractivity contribution in [2.75, 3.05) is 26.2 Å². The first kappa shape index (κ1) is 18.2. The Morgan fingerprint density at radius 1 is 1.20 bits per heavy atom. The molecule has 1 amide bonds. The number of piperidine rings is 2. The highest BCUT2D eigenvalue weighted by Crippen LogP contribution is 2.27. The minimum Gasteiger partial charge on any atom is -0.343 e. The van der Waals surface area contributed by atoms with Crippen LogP contribution in [-0.2, 0) is 4.79 Å². The molecule has 3 rings (SSSR count). The number of likely N-dealkylation sites (tertiary alicyclic amines) is 2. The van der Waals surface area contributed by atoms with Crippen LogP contribution in [0.1, 0.15) is 63.4 Å². The third-order valence-corrected chi connectivity index (χ3v) is 5.91. The van der Waals surface area contributed by atoms with Gasteiger partial charge < -0.3 is 14.8 Å². The van der Waals surface area contributed by atoms with E-state index in [-0.39, 0.29) is 5.56 Å². The van der Waals surface area contributed by atoms with Crippen LogP contribution < -0.4 is 5.56 Å². The lowest BCUT2D eigenvalue weighted by Crippen LogP contribution is -2.40. The van der Waals surface area contributed by atoms with E-state index in [1.165, 1.54) is 32.4 Å². The smallest absolute Gasteiger partial charge is 0.248 e. The van der Waals surface area contributed by atoms with Crippen molar-refractivity contribution in [2.45, 2.75) is 63.8 Å². The topological polar surface area (TPSA) is 56.4 Å². The molecule has 2 aliphatic rings. The number of carbonyl (C=O) groups is 1. The largest absolute Gasteiger partial charge is 0.343 e. The molecule has 2 fully saturated rings. The first-order valence-corrected chi connectivity index (χ1v) is 9.84. The molecule has 1 aromatic heterocycles. The van der Waals surface area contributed by atoms with Crippen molar-refractivity contribution in [3.63, 3.8) is 0 Å². The van der Waals surface area contributed by atoms with Crippen LogP contribution in [0.25, 0.3) is 0 Å². The Labute approximate surface area is 150 Å². The van der Waals surface area contributed by atoms with Gasteiger partial charge >= 0.3 is 0 Å². The predicted octanol–water partition coefficient (Wildman–Crippen LogP) is 2.74. The van der Waals surface area contributed by atoms with Crippen molar-refractivity contribution in [1.29, 1.82) is 0 Å². The number of nitrogens with zero attached hydrogens (tertiary/aromatic N) is 2. The highest BCUT2D eigenvalue weighted by Gasteiger charge is 2.25. The Bertz CT molecular complexity index is 613. The van der Waals surface area contributed by atoms with Crippen LogP contribution in [0.3, 0.4) is 0 Å². The summed E-state index contributed by atoms with van der Waals surface area (Å²) in [6.07, 6.45) is 9.21. The van der Waals surface area contributed by atoms with Crippen molar-refractivity contribution in [3.8, 4) is 0 Å². The van der Waals surface area contributed by atoms with E-state index >= 15 is 0 Å². The lowest BCUT2D eigenvalue weighted by atomic mass is 9.90. The maximum absolute atomic E-state index is 12.5. The lowest BCUT2D eigenvalue weighted by molar-refractivity contribution is -0.132. The van der Waals surface area contributed by atoms with Crippen molar-refractivity contribution in [3.05, 3.63) is 34.2 Å². The summed E-state index contributed by atoms with van der Waals surface area (Å²) in [6, 6.07) is 4.20. The van der Waals surface area contributed by atoms with Gasteiger partial charge in [0.2, 0.25) is 11.5 Å². The maximum atomic E-state index is 12.5. The zero-order valence-electron chi connectivity index (χ0n) is 15.4. The highest BCUT2D eigenvalue weighted by atomic mass is 16.2. The van der Waals surface area contributed by atoms with Crippen LogP contribution in [0.5, 0.6) is 0 Å². The molecule has 2 saturated heterocycles. The predicted molar refractivity (Wildman–Crippen MR) is 99.7 cm³/mol. The molecule has 5 heteroatoms. The van der Waals surface area contributed by atoms with Gasteiger partial charge in [-0.05, 0) is 69.7 Å². The number of aromatic nitrogens is 1. The number of H-pyrrole nitrogens is 1. The van der Waals surface area contributed by atoms with E-state index in [1.807, 2.05) is 11.0 Å². The molecule has 0 bridgehead atoms. The molecule has 0 aromatic carbocycles. The van der Waals surface area contributed by atoms with Crippen molar-refractivity contribution in [1.82, 2.24) is 14.8 Å². The fraction of sp³-hybridized carbons (Fsp3) is 0.700. The summed E-state index contributed by atoms with van der Waals surface area (Å²) in [7, 11) is 0. The van der Waals surface area contributed by atoms with Gasteiger partial charge in [0, 0.05) is 37.8 Å². The van der Waals surface area contributed by atoms with Gasteiger partial charge in [0.25, 0.3) is 0 Å². The summed E-state index contributed by atoms with van der Waals surface area (Å²) >= 11 is 0. The number of nitrogens with one attached hydrogen (secondary N) is 1. The number of rotatable bonds is 5. The molecule has 2 aliphatic heterocycles. The fourth-order valence-corrected chi connectivity index (χ4v) is 4.21. The lowest BCUT2D eigenvalue weighted by Gasteiger charge is -2.34. The summed E-state index contributed by atoms with van der Waals surface area (Å²) < 4.78 is 0. The summed E-state index contributed by atoms with van der Waals surface area (Å²) in [4.78, 5) is 31.2. The van der Waals surface area contributed by atoms with Gasteiger partial charge in [0.05, 0.1) is 0 Å². The number of pyridine rings is 1. The quantitative estimate of drug-likeness (QED) is 0.893. The second-order valence-electron chi connectivity index (χ2n) is 7.63. The second-order valence-corrected chi connectivity index (χ2v) is 7.63. The number of carbonyl (C=O) groups excluding carboxylic acids is 1. The third-order valence-electron chi connectivity index (χ3n) is 5.91. The Morgan fingerprint density at radius 2 is 1.92 bits per heavy atom. The average molecular weight is 345 g/mol. The van der Waals surface area contributed by atoms with Gasteiger partial charge in [-0.25, -0.2) is 0 Å². The van der Waals surface area contributed by atoms with E-state index in [9.17, 15) is 9.59 Å². The Kier molecular flexibility index (Phi) is 6.29. The molecule has 5 nitrogen and oxygen atoms in total. The van der Waals surface area contributed by atoms with E-state index in [0.29, 0.717) is 24.3 Å². The molecule has 0 spiro atoms. The molecule has 25 heavy (non-hydrogen) atoms. The van der Waals surface area contributed by atoms with Gasteiger partial charge in [-0.15, -0.1) is 0 Å². The number of amides is 1. The first-order chi connectivity index (χ1) is 12.1. The molecule has 3 heterocycles. The summed E-state index contributed by atoms with van der Waals surface area (Å²) in [6.45, 7) is 6.27. The van der Waals surface area contributed by atoms with Crippen LogP contribution in [0.2, 0.25) is 0 Å². The number of hydrogen-bond acceptors (Lipinski definition) is 3. The van der Waals surface area contributed by atoms with Gasteiger partial charge in [0.1, 0.15) is 0 Å². The molecule has 1 atom stereocenters. The molecule has 1 unspecified atom stereocenters. The maximum Gasteiger partial charge on any atom is 0.248 e. The van der Waals surface area contributed by atoms with Crippen LogP contribution in [0.15, 0.2) is 23.1 Å². The van der Waals surface area contributed by atoms with E-state index in [1.54, 1.807) is 12.3 Å².